The smallest absolute Gasteiger partial charge is 0.315 e. The minimum Gasteiger partial charge on any atom is -0.466 e. The molecule has 0 N–H and O–H groups in total. The predicted molar refractivity (Wildman–Crippen MR) is 111 cm³/mol. The van der Waals surface area contributed by atoms with Gasteiger partial charge in [0.25, 0.3) is 0 Å². The molecule has 3 heterocycles. The standard InChI is InChI=1S/C21H26N2O6S/c1-6-28-16(24)14-15(17(25)29-7-2)21(30-5)22(4)18(26)20(14,3)19(27)23(21)13-11-9-8-10-12-13/h8-12,14-15H,6-7H2,1-5H3/t14-,15-,20+,21+/m0/s1. The van der Waals surface area contributed by atoms with Crippen LogP contribution in [0.5, 0.6) is 0 Å². The van der Waals surface area contributed by atoms with Crippen molar-refractivity contribution >= 4 is 41.2 Å². The largest absolute Gasteiger partial charge is 0.466 e. The van der Waals surface area contributed by atoms with Crippen LogP contribution in [-0.4, -0.2) is 60.2 Å². The van der Waals surface area contributed by atoms with Gasteiger partial charge >= 0.3 is 11.9 Å². The molecular weight excluding hydrogens is 408 g/mol. The molecule has 3 fully saturated rings. The molecule has 1 aromatic carbocycles. The Hall–Kier alpha value is -2.55. The lowest BCUT2D eigenvalue weighted by atomic mass is 9.60. The number of anilines is 1. The summed E-state index contributed by atoms with van der Waals surface area (Å²) in [4.78, 5) is 54.8. The molecule has 8 nitrogen and oxygen atoms in total. The summed E-state index contributed by atoms with van der Waals surface area (Å²) >= 11 is 1.15. The van der Waals surface area contributed by atoms with Crippen LogP contribution < -0.4 is 4.90 Å². The number of ether oxygens (including phenoxy) is 2. The first-order valence-corrected chi connectivity index (χ1v) is 11.0. The zero-order chi connectivity index (χ0) is 22.3. The first kappa shape index (κ1) is 22.1. The van der Waals surface area contributed by atoms with Gasteiger partial charge < -0.3 is 14.4 Å². The van der Waals surface area contributed by atoms with Crippen molar-refractivity contribution in [3.8, 4) is 0 Å². The van der Waals surface area contributed by atoms with Gasteiger partial charge in [0.15, 0.2) is 4.99 Å². The molecule has 3 aliphatic heterocycles. The Labute approximate surface area is 179 Å². The summed E-state index contributed by atoms with van der Waals surface area (Å²) in [6.45, 7) is 4.88. The Morgan fingerprint density at radius 2 is 1.53 bits per heavy atom. The third-order valence-corrected chi connectivity index (χ3v) is 7.26. The quantitative estimate of drug-likeness (QED) is 0.499. The van der Waals surface area contributed by atoms with Crippen molar-refractivity contribution in [2.24, 2.45) is 17.3 Å². The van der Waals surface area contributed by atoms with Crippen molar-refractivity contribution < 1.29 is 28.7 Å². The lowest BCUT2D eigenvalue weighted by Gasteiger charge is -2.64. The Bertz CT molecular complexity index is 878. The topological polar surface area (TPSA) is 93.2 Å². The summed E-state index contributed by atoms with van der Waals surface area (Å²) in [5.41, 5.74) is -1.27. The van der Waals surface area contributed by atoms with Gasteiger partial charge in [0.2, 0.25) is 11.8 Å². The van der Waals surface area contributed by atoms with Gasteiger partial charge in [-0.3, -0.25) is 24.1 Å². The maximum atomic E-state index is 13.8. The van der Waals surface area contributed by atoms with Crippen LogP contribution in [0.15, 0.2) is 30.3 Å². The fraction of sp³-hybridized carbons (Fsp3) is 0.524. The van der Waals surface area contributed by atoms with Crippen molar-refractivity contribution in [2.45, 2.75) is 25.8 Å². The van der Waals surface area contributed by atoms with Crippen molar-refractivity contribution in [1.82, 2.24) is 4.90 Å². The molecule has 4 rings (SSSR count). The van der Waals surface area contributed by atoms with Crippen LogP contribution >= 0.6 is 11.8 Å². The molecule has 30 heavy (non-hydrogen) atoms. The van der Waals surface area contributed by atoms with Gasteiger partial charge in [-0.05, 0) is 39.2 Å². The number of carbonyl (C=O) groups is 4. The highest BCUT2D eigenvalue weighted by molar-refractivity contribution is 8.00. The lowest BCUT2D eigenvalue weighted by Crippen LogP contribution is -2.84. The fourth-order valence-corrected chi connectivity index (χ4v) is 5.85. The molecule has 0 aliphatic carbocycles. The fourth-order valence-electron chi connectivity index (χ4n) is 4.64. The number of benzene rings is 1. The molecular formula is C21H26N2O6S. The van der Waals surface area contributed by atoms with E-state index in [0.29, 0.717) is 5.69 Å². The van der Waals surface area contributed by atoms with Crippen LogP contribution in [0.2, 0.25) is 0 Å². The number of hydrogen-bond acceptors (Lipinski definition) is 7. The van der Waals surface area contributed by atoms with E-state index in [9.17, 15) is 19.2 Å². The molecule has 1 aromatic rings. The van der Waals surface area contributed by atoms with E-state index in [2.05, 4.69) is 0 Å². The van der Waals surface area contributed by atoms with Gasteiger partial charge in [-0.1, -0.05) is 18.2 Å². The average Bonchev–Trinajstić information content (AvgIpc) is 2.73. The summed E-state index contributed by atoms with van der Waals surface area (Å²) in [6.07, 6.45) is 1.70. The lowest BCUT2D eigenvalue weighted by molar-refractivity contribution is -0.196. The monoisotopic (exact) mass is 434 g/mol. The average molecular weight is 435 g/mol. The number of piperidine rings is 2. The number of carbonyl (C=O) groups excluding carboxylic acids is 4. The van der Waals surface area contributed by atoms with Crippen molar-refractivity contribution in [3.05, 3.63) is 30.3 Å². The summed E-state index contributed by atoms with van der Waals surface area (Å²) in [5, 5.41) is 0. The first-order valence-electron chi connectivity index (χ1n) is 9.79. The van der Waals surface area contributed by atoms with Crippen molar-refractivity contribution in [1.29, 1.82) is 0 Å². The van der Waals surface area contributed by atoms with Crippen molar-refractivity contribution in [3.63, 3.8) is 0 Å². The summed E-state index contributed by atoms with van der Waals surface area (Å²) < 4.78 is 10.6. The van der Waals surface area contributed by atoms with Crippen LogP contribution in [0, 0.1) is 17.3 Å². The number of rotatable bonds is 6. The van der Waals surface area contributed by atoms with E-state index in [0.717, 1.165) is 11.8 Å². The van der Waals surface area contributed by atoms with E-state index in [1.807, 2.05) is 6.07 Å². The molecule has 162 valence electrons. The number of hydrogen-bond donors (Lipinski definition) is 0. The molecule has 0 spiro atoms. The Balaban J connectivity index is 2.34. The van der Waals surface area contributed by atoms with E-state index in [-0.39, 0.29) is 13.2 Å². The summed E-state index contributed by atoms with van der Waals surface area (Å²) in [6, 6.07) is 8.82. The van der Waals surface area contributed by atoms with E-state index in [4.69, 9.17) is 9.47 Å². The van der Waals surface area contributed by atoms with Gasteiger partial charge in [-0.15, -0.1) is 11.8 Å². The maximum Gasteiger partial charge on any atom is 0.315 e. The molecule has 2 bridgehead atoms. The Kier molecular flexibility index (Phi) is 5.86. The molecule has 3 aliphatic rings. The minimum atomic E-state index is -1.80. The Morgan fingerprint density at radius 3 is 2.03 bits per heavy atom. The first-order chi connectivity index (χ1) is 14.2. The third-order valence-electron chi connectivity index (χ3n) is 5.95. The van der Waals surface area contributed by atoms with Gasteiger partial charge in [0.05, 0.1) is 19.1 Å². The van der Waals surface area contributed by atoms with Crippen LogP contribution in [-0.2, 0) is 28.7 Å². The highest BCUT2D eigenvalue weighted by Gasteiger charge is 2.77. The maximum absolute atomic E-state index is 13.8. The van der Waals surface area contributed by atoms with Gasteiger partial charge in [-0.2, -0.15) is 0 Å². The van der Waals surface area contributed by atoms with Gasteiger partial charge in [0.1, 0.15) is 11.3 Å². The normalized spacial score (nSPS) is 30.4. The number of fused-ring (bicyclic) bond motifs is 3. The van der Waals surface area contributed by atoms with Crippen LogP contribution in [0.25, 0.3) is 0 Å². The molecule has 3 saturated heterocycles. The van der Waals surface area contributed by atoms with Gasteiger partial charge in [-0.25, -0.2) is 0 Å². The van der Waals surface area contributed by atoms with Gasteiger partial charge in [0, 0.05) is 12.7 Å². The van der Waals surface area contributed by atoms with Crippen LogP contribution in [0.4, 0.5) is 5.69 Å². The van der Waals surface area contributed by atoms with E-state index >= 15 is 0 Å². The zero-order valence-electron chi connectivity index (χ0n) is 17.7. The van der Waals surface area contributed by atoms with Crippen LogP contribution in [0.1, 0.15) is 20.8 Å². The zero-order valence-corrected chi connectivity index (χ0v) is 18.5. The Morgan fingerprint density at radius 1 is 1.00 bits per heavy atom. The molecule has 9 heteroatoms. The summed E-state index contributed by atoms with van der Waals surface area (Å²) in [7, 11) is 1.55. The SMILES string of the molecule is CCOC(=O)[C@@H]1[C@@H](C(=O)OCC)[C@@]2(SC)N(C)C(=O)[C@]1(C)C(=O)N2c1ccccc1. The van der Waals surface area contributed by atoms with E-state index < -0.39 is 46.0 Å². The number of para-hydroxylation sites is 1. The third kappa shape index (κ3) is 2.74. The second-order valence-electron chi connectivity index (χ2n) is 7.36. The number of amides is 2. The molecule has 2 amide bonds. The summed E-state index contributed by atoms with van der Waals surface area (Å²) in [5.74, 6) is -4.88. The molecule has 0 saturated carbocycles. The van der Waals surface area contributed by atoms with E-state index in [1.165, 1.54) is 16.7 Å². The predicted octanol–water partition coefficient (Wildman–Crippen LogP) is 1.89. The van der Waals surface area contributed by atoms with Crippen molar-refractivity contribution in [2.75, 3.05) is 31.4 Å². The second-order valence-corrected chi connectivity index (χ2v) is 8.37. The molecule has 0 radical (unpaired) electrons. The van der Waals surface area contributed by atoms with Crippen LogP contribution in [0.3, 0.4) is 0 Å². The highest BCUT2D eigenvalue weighted by Crippen LogP contribution is 2.60. The number of nitrogens with zero attached hydrogens (tertiary/aromatic N) is 2. The molecule has 0 aromatic heterocycles. The second kappa shape index (κ2) is 7.94. The number of thioether (sulfide) groups is 1. The molecule has 0 unspecified atom stereocenters. The number of esters is 2. The van der Waals surface area contributed by atoms with E-state index in [1.54, 1.807) is 51.4 Å². The minimum absolute atomic E-state index is 0.0633. The highest BCUT2D eigenvalue weighted by atomic mass is 32.2. The molecule has 4 atom stereocenters.